The Morgan fingerprint density at radius 3 is 2.53 bits per heavy atom. The number of aromatic carboxylic acids is 1. The van der Waals surface area contributed by atoms with Gasteiger partial charge in [0.05, 0.1) is 6.04 Å². The van der Waals surface area contributed by atoms with Crippen molar-refractivity contribution in [2.75, 3.05) is 0 Å². The van der Waals surface area contributed by atoms with Crippen molar-refractivity contribution in [2.45, 2.75) is 19.4 Å². The first-order chi connectivity index (χ1) is 8.24. The zero-order valence-corrected chi connectivity index (χ0v) is 9.71. The molecule has 0 aliphatic carbocycles. The molecule has 0 amide bonds. The molecule has 1 atom stereocenters. The van der Waals surface area contributed by atoms with Crippen molar-refractivity contribution in [3.63, 3.8) is 0 Å². The quantitative estimate of drug-likeness (QED) is 0.874. The number of rotatable bonds is 4. The molecule has 3 heteroatoms. The Labute approximate surface area is 100 Å². The summed E-state index contributed by atoms with van der Waals surface area (Å²) in [7, 11) is 0. The summed E-state index contributed by atoms with van der Waals surface area (Å²) in [4.78, 5) is 11.1. The highest BCUT2D eigenvalue weighted by Gasteiger charge is 2.17. The van der Waals surface area contributed by atoms with Crippen LogP contribution in [0.25, 0.3) is 0 Å². The molecule has 1 aromatic heterocycles. The monoisotopic (exact) mass is 229 g/mol. The molecule has 2 rings (SSSR count). The Balaban J connectivity index is 2.43. The molecule has 0 spiro atoms. The van der Waals surface area contributed by atoms with Gasteiger partial charge in [-0.3, -0.25) is 0 Å². The summed E-state index contributed by atoms with van der Waals surface area (Å²) < 4.78 is 1.82. The van der Waals surface area contributed by atoms with Crippen molar-refractivity contribution in [3.05, 3.63) is 59.9 Å². The Kier molecular flexibility index (Phi) is 3.28. The minimum atomic E-state index is -0.885. The van der Waals surface area contributed by atoms with E-state index < -0.39 is 5.97 Å². The summed E-state index contributed by atoms with van der Waals surface area (Å²) in [6.07, 6.45) is 2.68. The standard InChI is InChI=1S/C14H15NO2/c1-2-12(11-7-4-3-5-8-11)15-10-6-9-13(15)14(16)17/h3-10,12H,2H2,1H3,(H,16,17). The molecule has 88 valence electrons. The number of nitrogens with zero attached hydrogens (tertiary/aromatic N) is 1. The lowest BCUT2D eigenvalue weighted by Gasteiger charge is -2.19. The van der Waals surface area contributed by atoms with Gasteiger partial charge < -0.3 is 9.67 Å². The van der Waals surface area contributed by atoms with Crippen molar-refractivity contribution in [2.24, 2.45) is 0 Å². The third kappa shape index (κ3) is 2.23. The minimum absolute atomic E-state index is 0.0808. The van der Waals surface area contributed by atoms with Gasteiger partial charge in [-0.2, -0.15) is 0 Å². The van der Waals surface area contributed by atoms with Crippen LogP contribution in [0.1, 0.15) is 35.4 Å². The lowest BCUT2D eigenvalue weighted by molar-refractivity contribution is 0.0683. The number of hydrogen-bond acceptors (Lipinski definition) is 1. The third-order valence-corrected chi connectivity index (χ3v) is 2.90. The van der Waals surface area contributed by atoms with Crippen LogP contribution in [0, 0.1) is 0 Å². The second kappa shape index (κ2) is 4.87. The van der Waals surface area contributed by atoms with Crippen molar-refractivity contribution < 1.29 is 9.90 Å². The summed E-state index contributed by atoms with van der Waals surface area (Å²) in [5.41, 5.74) is 1.47. The molecule has 3 nitrogen and oxygen atoms in total. The smallest absolute Gasteiger partial charge is 0.352 e. The lowest BCUT2D eigenvalue weighted by atomic mass is 10.0. The SMILES string of the molecule is CCC(c1ccccc1)n1cccc1C(=O)O. The summed E-state index contributed by atoms with van der Waals surface area (Å²) in [5, 5.41) is 9.13. The van der Waals surface area contributed by atoms with E-state index in [1.165, 1.54) is 0 Å². The summed E-state index contributed by atoms with van der Waals surface area (Å²) >= 11 is 0. The molecule has 0 bridgehead atoms. The van der Waals surface area contributed by atoms with Crippen LogP contribution in [0.5, 0.6) is 0 Å². The van der Waals surface area contributed by atoms with Gasteiger partial charge in [-0.25, -0.2) is 4.79 Å². The summed E-state index contributed by atoms with van der Waals surface area (Å²) in [6, 6.07) is 13.5. The molecule has 1 heterocycles. The fourth-order valence-corrected chi connectivity index (χ4v) is 2.11. The van der Waals surface area contributed by atoms with Crippen LogP contribution in [-0.4, -0.2) is 15.6 Å². The number of benzene rings is 1. The maximum Gasteiger partial charge on any atom is 0.352 e. The summed E-state index contributed by atoms with van der Waals surface area (Å²) in [5.74, 6) is -0.885. The molecule has 1 N–H and O–H groups in total. The van der Waals surface area contributed by atoms with Gasteiger partial charge in [-0.15, -0.1) is 0 Å². The fourth-order valence-electron chi connectivity index (χ4n) is 2.11. The van der Waals surface area contributed by atoms with Gasteiger partial charge in [0.15, 0.2) is 0 Å². The number of aromatic nitrogens is 1. The molecular formula is C14H15NO2. The number of carboxylic acids is 1. The van der Waals surface area contributed by atoms with E-state index in [2.05, 4.69) is 6.92 Å². The van der Waals surface area contributed by atoms with Gasteiger partial charge in [0.2, 0.25) is 0 Å². The van der Waals surface area contributed by atoms with Crippen molar-refractivity contribution in [3.8, 4) is 0 Å². The minimum Gasteiger partial charge on any atom is -0.477 e. The Morgan fingerprint density at radius 2 is 1.94 bits per heavy atom. The fraction of sp³-hybridized carbons (Fsp3) is 0.214. The van der Waals surface area contributed by atoms with E-state index in [0.717, 1.165) is 12.0 Å². The highest BCUT2D eigenvalue weighted by molar-refractivity contribution is 5.85. The van der Waals surface area contributed by atoms with Crippen LogP contribution < -0.4 is 0 Å². The highest BCUT2D eigenvalue weighted by Crippen LogP contribution is 2.23. The normalized spacial score (nSPS) is 12.3. The summed E-state index contributed by atoms with van der Waals surface area (Å²) in [6.45, 7) is 2.06. The Hall–Kier alpha value is -2.03. The maximum atomic E-state index is 11.1. The average molecular weight is 229 g/mol. The van der Waals surface area contributed by atoms with Crippen molar-refractivity contribution >= 4 is 5.97 Å². The molecule has 0 saturated heterocycles. The van der Waals surface area contributed by atoms with Crippen LogP contribution >= 0.6 is 0 Å². The van der Waals surface area contributed by atoms with E-state index in [9.17, 15) is 4.79 Å². The van der Waals surface area contributed by atoms with Gasteiger partial charge in [-0.1, -0.05) is 37.3 Å². The van der Waals surface area contributed by atoms with Gasteiger partial charge in [-0.05, 0) is 24.1 Å². The Bertz CT molecular complexity index is 502. The molecule has 0 fully saturated rings. The highest BCUT2D eigenvalue weighted by atomic mass is 16.4. The largest absolute Gasteiger partial charge is 0.477 e. The van der Waals surface area contributed by atoms with Crippen molar-refractivity contribution in [1.82, 2.24) is 4.57 Å². The molecule has 0 aliphatic heterocycles. The van der Waals surface area contributed by atoms with Crippen LogP contribution in [0.15, 0.2) is 48.7 Å². The van der Waals surface area contributed by atoms with Crippen LogP contribution in [0.3, 0.4) is 0 Å². The van der Waals surface area contributed by atoms with Gasteiger partial charge in [0, 0.05) is 6.20 Å². The molecule has 0 aliphatic rings. The van der Waals surface area contributed by atoms with E-state index >= 15 is 0 Å². The maximum absolute atomic E-state index is 11.1. The van der Waals surface area contributed by atoms with Gasteiger partial charge in [0.25, 0.3) is 0 Å². The van der Waals surface area contributed by atoms with Crippen molar-refractivity contribution in [1.29, 1.82) is 0 Å². The number of hydrogen-bond donors (Lipinski definition) is 1. The molecular weight excluding hydrogens is 214 g/mol. The van der Waals surface area contributed by atoms with E-state index in [-0.39, 0.29) is 6.04 Å². The lowest BCUT2D eigenvalue weighted by Crippen LogP contribution is -2.14. The first-order valence-corrected chi connectivity index (χ1v) is 5.69. The molecule has 2 aromatic rings. The van der Waals surface area contributed by atoms with Crippen LogP contribution in [0.2, 0.25) is 0 Å². The zero-order chi connectivity index (χ0) is 12.3. The van der Waals surface area contributed by atoms with Crippen LogP contribution in [0.4, 0.5) is 0 Å². The van der Waals surface area contributed by atoms with E-state index in [1.54, 1.807) is 12.1 Å². The number of carbonyl (C=O) groups is 1. The van der Waals surface area contributed by atoms with E-state index in [0.29, 0.717) is 5.69 Å². The average Bonchev–Trinajstić information content (AvgIpc) is 2.81. The molecule has 1 aromatic carbocycles. The first kappa shape index (κ1) is 11.5. The molecule has 1 unspecified atom stereocenters. The second-order valence-corrected chi connectivity index (χ2v) is 3.94. The Morgan fingerprint density at radius 1 is 1.24 bits per heavy atom. The predicted molar refractivity (Wildman–Crippen MR) is 66.3 cm³/mol. The molecule has 0 radical (unpaired) electrons. The molecule has 0 saturated carbocycles. The predicted octanol–water partition coefficient (Wildman–Crippen LogP) is 3.19. The zero-order valence-electron chi connectivity index (χ0n) is 9.71. The van der Waals surface area contributed by atoms with Crippen LogP contribution in [-0.2, 0) is 0 Å². The number of carboxylic acid groups (broad SMARTS) is 1. The third-order valence-electron chi connectivity index (χ3n) is 2.90. The first-order valence-electron chi connectivity index (χ1n) is 5.69. The van der Waals surface area contributed by atoms with Gasteiger partial charge >= 0.3 is 5.97 Å². The van der Waals surface area contributed by atoms with E-state index in [4.69, 9.17) is 5.11 Å². The van der Waals surface area contributed by atoms with E-state index in [1.807, 2.05) is 41.1 Å². The topological polar surface area (TPSA) is 42.2 Å². The van der Waals surface area contributed by atoms with Gasteiger partial charge in [0.1, 0.15) is 5.69 Å². The second-order valence-electron chi connectivity index (χ2n) is 3.94. The molecule has 17 heavy (non-hydrogen) atoms.